The quantitative estimate of drug-likeness (QED) is 0.601. The third-order valence-electron chi connectivity index (χ3n) is 3.84. The van der Waals surface area contributed by atoms with Gasteiger partial charge in [-0.3, -0.25) is 4.79 Å². The Labute approximate surface area is 134 Å². The molecule has 0 saturated carbocycles. The van der Waals surface area contributed by atoms with E-state index in [1.807, 2.05) is 32.0 Å². The number of aryl methyl sites for hydroxylation is 2. The first kappa shape index (κ1) is 17.7. The molecular formula is C16H23NO6. The second-order valence-corrected chi connectivity index (χ2v) is 5.82. The zero-order chi connectivity index (χ0) is 17.1. The van der Waals surface area contributed by atoms with Crippen molar-refractivity contribution < 1.29 is 29.6 Å². The van der Waals surface area contributed by atoms with Gasteiger partial charge in [-0.05, 0) is 31.0 Å². The van der Waals surface area contributed by atoms with Crippen molar-refractivity contribution in [2.45, 2.75) is 51.4 Å². The first-order valence-corrected chi connectivity index (χ1v) is 7.47. The van der Waals surface area contributed by atoms with Crippen LogP contribution in [0, 0.1) is 13.8 Å². The number of carbonyl (C=O) groups excluding carboxylic acids is 1. The van der Waals surface area contributed by atoms with Gasteiger partial charge in [-0.15, -0.1) is 0 Å². The molecule has 23 heavy (non-hydrogen) atoms. The van der Waals surface area contributed by atoms with Crippen molar-refractivity contribution in [2.24, 2.45) is 0 Å². The average molecular weight is 325 g/mol. The molecule has 1 fully saturated rings. The number of amides is 1. The molecule has 0 aromatic heterocycles. The van der Waals surface area contributed by atoms with Crippen molar-refractivity contribution in [1.82, 2.24) is 5.32 Å². The van der Waals surface area contributed by atoms with Crippen molar-refractivity contribution in [3.8, 4) is 5.75 Å². The lowest BCUT2D eigenvalue weighted by Gasteiger charge is -2.42. The van der Waals surface area contributed by atoms with Crippen LogP contribution in [0.2, 0.25) is 0 Å². The number of hydrogen-bond acceptors (Lipinski definition) is 6. The summed E-state index contributed by atoms with van der Waals surface area (Å²) in [7, 11) is 0. The SMILES string of the molecule is CC(=O)N[C@H]1[C@H](Oc2cc(C)ccc2C)O[C@H](CO)[C@@H](O)[C@@H]1O. The monoisotopic (exact) mass is 325 g/mol. The molecule has 128 valence electrons. The van der Waals surface area contributed by atoms with E-state index in [9.17, 15) is 20.1 Å². The van der Waals surface area contributed by atoms with E-state index >= 15 is 0 Å². The Morgan fingerprint density at radius 1 is 1.30 bits per heavy atom. The molecule has 0 bridgehead atoms. The van der Waals surface area contributed by atoms with Crippen LogP contribution in [0.3, 0.4) is 0 Å². The van der Waals surface area contributed by atoms with E-state index in [0.717, 1.165) is 11.1 Å². The lowest BCUT2D eigenvalue weighted by molar-refractivity contribution is -0.244. The number of nitrogens with one attached hydrogen (secondary N) is 1. The summed E-state index contributed by atoms with van der Waals surface area (Å²) >= 11 is 0. The molecule has 0 spiro atoms. The number of ether oxygens (including phenoxy) is 2. The normalized spacial score (nSPS) is 30.8. The molecule has 0 radical (unpaired) electrons. The summed E-state index contributed by atoms with van der Waals surface area (Å²) in [6.45, 7) is 4.60. The highest BCUT2D eigenvalue weighted by Gasteiger charge is 2.46. The summed E-state index contributed by atoms with van der Waals surface area (Å²) in [5.41, 5.74) is 1.85. The minimum atomic E-state index is -1.32. The van der Waals surface area contributed by atoms with Crippen LogP contribution in [0.4, 0.5) is 0 Å². The van der Waals surface area contributed by atoms with E-state index in [2.05, 4.69) is 5.32 Å². The number of carbonyl (C=O) groups is 1. The molecule has 1 amide bonds. The standard InChI is InChI=1S/C16H23NO6/c1-8-4-5-9(2)11(6-8)22-16-13(17-10(3)19)15(21)14(20)12(7-18)23-16/h4-6,12-16,18,20-21H,7H2,1-3H3,(H,17,19)/t12-,13-,14-,15-,16-/m1/s1. The van der Waals surface area contributed by atoms with E-state index in [1.165, 1.54) is 6.92 Å². The Hall–Kier alpha value is -1.67. The van der Waals surface area contributed by atoms with Crippen LogP contribution in [0.25, 0.3) is 0 Å². The highest BCUT2D eigenvalue weighted by molar-refractivity contribution is 5.73. The predicted molar refractivity (Wildman–Crippen MR) is 81.9 cm³/mol. The first-order chi connectivity index (χ1) is 10.8. The summed E-state index contributed by atoms with van der Waals surface area (Å²) in [4.78, 5) is 11.4. The Balaban J connectivity index is 2.27. The van der Waals surface area contributed by atoms with E-state index in [4.69, 9.17) is 9.47 Å². The van der Waals surface area contributed by atoms with Crippen molar-refractivity contribution in [3.63, 3.8) is 0 Å². The minimum absolute atomic E-state index is 0.387. The number of rotatable bonds is 4. The molecular weight excluding hydrogens is 302 g/mol. The number of aliphatic hydroxyl groups is 3. The zero-order valence-electron chi connectivity index (χ0n) is 13.4. The molecule has 7 heteroatoms. The molecule has 1 saturated heterocycles. The summed E-state index contributed by atoms with van der Waals surface area (Å²) < 4.78 is 11.3. The second kappa shape index (κ2) is 7.27. The van der Waals surface area contributed by atoms with Crippen LogP contribution in [0.5, 0.6) is 5.75 Å². The van der Waals surface area contributed by atoms with Crippen LogP contribution in [0.1, 0.15) is 18.1 Å². The van der Waals surface area contributed by atoms with Crippen LogP contribution < -0.4 is 10.1 Å². The van der Waals surface area contributed by atoms with Crippen molar-refractivity contribution in [1.29, 1.82) is 0 Å². The lowest BCUT2D eigenvalue weighted by atomic mass is 9.97. The lowest BCUT2D eigenvalue weighted by Crippen LogP contribution is -2.65. The number of aliphatic hydroxyl groups excluding tert-OH is 3. The van der Waals surface area contributed by atoms with Crippen LogP contribution >= 0.6 is 0 Å². The second-order valence-electron chi connectivity index (χ2n) is 5.82. The Bertz CT molecular complexity index is 564. The molecule has 1 aromatic rings. The van der Waals surface area contributed by atoms with Gasteiger partial charge in [0.25, 0.3) is 0 Å². The third-order valence-corrected chi connectivity index (χ3v) is 3.84. The number of hydrogen-bond donors (Lipinski definition) is 4. The van der Waals surface area contributed by atoms with Crippen LogP contribution in [-0.4, -0.2) is 58.5 Å². The topological polar surface area (TPSA) is 108 Å². The van der Waals surface area contributed by atoms with Crippen molar-refractivity contribution >= 4 is 5.91 Å². The van der Waals surface area contributed by atoms with Gasteiger partial charge in [-0.25, -0.2) is 0 Å². The average Bonchev–Trinajstić information content (AvgIpc) is 2.49. The Morgan fingerprint density at radius 2 is 2.00 bits per heavy atom. The van der Waals surface area contributed by atoms with Gasteiger partial charge < -0.3 is 30.1 Å². The summed E-state index contributed by atoms with van der Waals surface area (Å²) in [5, 5.41) is 32.0. The fraction of sp³-hybridized carbons (Fsp3) is 0.562. The van der Waals surface area contributed by atoms with Gasteiger partial charge in [0.05, 0.1) is 6.61 Å². The van der Waals surface area contributed by atoms with Gasteiger partial charge in [0.2, 0.25) is 12.2 Å². The zero-order valence-corrected chi connectivity index (χ0v) is 13.4. The van der Waals surface area contributed by atoms with Crippen molar-refractivity contribution in [2.75, 3.05) is 6.61 Å². The van der Waals surface area contributed by atoms with E-state index in [1.54, 1.807) is 0 Å². The van der Waals surface area contributed by atoms with Gasteiger partial charge in [0.15, 0.2) is 0 Å². The number of benzene rings is 1. The van der Waals surface area contributed by atoms with Crippen molar-refractivity contribution in [3.05, 3.63) is 29.3 Å². The largest absolute Gasteiger partial charge is 0.462 e. The van der Waals surface area contributed by atoms with Gasteiger partial charge in [0.1, 0.15) is 30.1 Å². The smallest absolute Gasteiger partial charge is 0.223 e. The summed E-state index contributed by atoms with van der Waals surface area (Å²) in [6, 6.07) is 4.68. The molecule has 2 rings (SSSR count). The fourth-order valence-corrected chi connectivity index (χ4v) is 2.53. The van der Waals surface area contributed by atoms with Gasteiger partial charge in [0, 0.05) is 6.92 Å². The van der Waals surface area contributed by atoms with E-state index in [0.29, 0.717) is 5.75 Å². The van der Waals surface area contributed by atoms with Gasteiger partial charge in [-0.2, -0.15) is 0 Å². The molecule has 4 N–H and O–H groups in total. The molecule has 0 unspecified atom stereocenters. The maximum atomic E-state index is 11.4. The van der Waals surface area contributed by atoms with E-state index < -0.39 is 37.3 Å². The molecule has 1 aliphatic heterocycles. The van der Waals surface area contributed by atoms with E-state index in [-0.39, 0.29) is 5.91 Å². The summed E-state index contributed by atoms with van der Waals surface area (Å²) in [5.74, 6) is 0.160. The molecule has 0 aliphatic carbocycles. The molecule has 5 atom stereocenters. The molecule has 1 aliphatic rings. The maximum absolute atomic E-state index is 11.4. The minimum Gasteiger partial charge on any atom is -0.462 e. The molecule has 7 nitrogen and oxygen atoms in total. The molecule has 1 heterocycles. The van der Waals surface area contributed by atoms with Gasteiger partial charge in [-0.1, -0.05) is 12.1 Å². The fourth-order valence-electron chi connectivity index (χ4n) is 2.53. The maximum Gasteiger partial charge on any atom is 0.223 e. The highest BCUT2D eigenvalue weighted by atomic mass is 16.7. The highest BCUT2D eigenvalue weighted by Crippen LogP contribution is 2.27. The van der Waals surface area contributed by atoms with Gasteiger partial charge >= 0.3 is 0 Å². The Kier molecular flexibility index (Phi) is 5.59. The summed E-state index contributed by atoms with van der Waals surface area (Å²) in [6.07, 6.45) is -4.67. The van der Waals surface area contributed by atoms with Crippen LogP contribution in [0.15, 0.2) is 18.2 Å². The first-order valence-electron chi connectivity index (χ1n) is 7.47. The molecule has 1 aromatic carbocycles. The predicted octanol–water partition coefficient (Wildman–Crippen LogP) is -0.374. The third kappa shape index (κ3) is 4.00. The Morgan fingerprint density at radius 3 is 2.61 bits per heavy atom. The van der Waals surface area contributed by atoms with Crippen LogP contribution in [-0.2, 0) is 9.53 Å².